The maximum atomic E-state index is 13.1. The van der Waals surface area contributed by atoms with Crippen molar-refractivity contribution in [3.05, 3.63) is 86.1 Å². The lowest BCUT2D eigenvalue weighted by molar-refractivity contribution is -0.402. The molecule has 0 radical (unpaired) electrons. The number of amides is 1. The third-order valence-corrected chi connectivity index (χ3v) is 5.36. The number of hydrazone groups is 1. The second kappa shape index (κ2) is 8.84. The molecule has 0 unspecified atom stereocenters. The minimum Gasteiger partial charge on any atom is -0.497 e. The maximum absolute atomic E-state index is 13.1. The second-order valence-corrected chi connectivity index (χ2v) is 7.44. The van der Waals surface area contributed by atoms with Crippen LogP contribution in [-0.4, -0.2) is 34.1 Å². The first-order valence-electron chi connectivity index (χ1n) is 9.17. The number of methoxy groups -OCH3 is 1. The molecule has 1 amide bonds. The van der Waals surface area contributed by atoms with Crippen LogP contribution < -0.4 is 9.75 Å². The Labute approximate surface area is 188 Å². The summed E-state index contributed by atoms with van der Waals surface area (Å²) in [5.74, 6) is -1.08. The number of carbonyl (C=O) groups is 1. The number of nitrogens with zero attached hydrogens (tertiary/aromatic N) is 5. The number of carbonyl (C=O) groups excluding carboxylic acids is 1. The minimum absolute atomic E-state index is 0.0944. The molecule has 0 saturated heterocycles. The van der Waals surface area contributed by atoms with Crippen LogP contribution in [0.25, 0.3) is 10.2 Å². The van der Waals surface area contributed by atoms with Gasteiger partial charge in [-0.1, -0.05) is 11.3 Å². The predicted molar refractivity (Wildman–Crippen MR) is 119 cm³/mol. The third kappa shape index (κ3) is 4.52. The minimum atomic E-state index is -0.785. The number of rotatable bonds is 7. The first-order valence-corrected chi connectivity index (χ1v) is 9.99. The Morgan fingerprint density at radius 3 is 2.52 bits per heavy atom. The standard InChI is InChI=1S/C20H13N5O7S/c1-31-14-6-7-15-17(10-14)33-20(22-15)23(19(26)16-8-9-18(32-16)25(29)30)21-11-12-2-4-13(5-3-12)24(27)28/h2-11H,1H3/b21-11+. The molecule has 0 atom stereocenters. The third-order valence-electron chi connectivity index (χ3n) is 4.37. The van der Waals surface area contributed by atoms with Crippen molar-refractivity contribution >= 4 is 50.4 Å². The van der Waals surface area contributed by atoms with Gasteiger partial charge in [-0.3, -0.25) is 25.0 Å². The lowest BCUT2D eigenvalue weighted by Crippen LogP contribution is -2.25. The van der Waals surface area contributed by atoms with Gasteiger partial charge in [-0.15, -0.1) is 0 Å². The summed E-state index contributed by atoms with van der Waals surface area (Å²) < 4.78 is 11.0. The summed E-state index contributed by atoms with van der Waals surface area (Å²) in [6.45, 7) is 0. The summed E-state index contributed by atoms with van der Waals surface area (Å²) >= 11 is 1.15. The fraction of sp³-hybridized carbons (Fsp3) is 0.0500. The van der Waals surface area contributed by atoms with Crippen molar-refractivity contribution in [2.75, 3.05) is 12.1 Å². The molecular formula is C20H13N5O7S. The van der Waals surface area contributed by atoms with Crippen molar-refractivity contribution in [1.82, 2.24) is 4.98 Å². The molecular weight excluding hydrogens is 454 g/mol. The lowest BCUT2D eigenvalue weighted by Gasteiger charge is -2.11. The molecule has 0 fully saturated rings. The van der Waals surface area contributed by atoms with E-state index in [1.54, 1.807) is 18.2 Å². The number of nitro groups is 2. The Hall–Kier alpha value is -4.65. The molecule has 166 valence electrons. The topological polar surface area (TPSA) is 154 Å². The number of non-ortho nitro benzene ring substituents is 1. The van der Waals surface area contributed by atoms with E-state index >= 15 is 0 Å². The highest BCUT2D eigenvalue weighted by Crippen LogP contribution is 2.33. The van der Waals surface area contributed by atoms with Crippen molar-refractivity contribution in [2.24, 2.45) is 5.10 Å². The number of hydrogen-bond acceptors (Lipinski definition) is 10. The van der Waals surface area contributed by atoms with E-state index < -0.39 is 21.6 Å². The van der Waals surface area contributed by atoms with E-state index in [2.05, 4.69) is 10.1 Å². The largest absolute Gasteiger partial charge is 0.497 e. The van der Waals surface area contributed by atoms with E-state index in [-0.39, 0.29) is 16.6 Å². The van der Waals surface area contributed by atoms with Crippen molar-refractivity contribution in [3.63, 3.8) is 0 Å². The average molecular weight is 467 g/mol. The van der Waals surface area contributed by atoms with E-state index in [0.29, 0.717) is 16.8 Å². The first-order chi connectivity index (χ1) is 15.9. The van der Waals surface area contributed by atoms with Crippen LogP contribution in [-0.2, 0) is 0 Å². The van der Waals surface area contributed by atoms with Gasteiger partial charge in [0.05, 0.1) is 34.5 Å². The number of anilines is 1. The van der Waals surface area contributed by atoms with Gasteiger partial charge in [-0.05, 0) is 42.0 Å². The molecule has 2 aromatic carbocycles. The number of aromatic nitrogens is 1. The second-order valence-electron chi connectivity index (χ2n) is 6.44. The van der Waals surface area contributed by atoms with Gasteiger partial charge in [-0.25, -0.2) is 4.98 Å². The number of ether oxygens (including phenoxy) is 1. The average Bonchev–Trinajstić information content (AvgIpc) is 3.46. The Bertz CT molecular complexity index is 1390. The van der Waals surface area contributed by atoms with Crippen LogP contribution in [0.15, 0.2) is 64.1 Å². The normalized spacial score (nSPS) is 11.1. The van der Waals surface area contributed by atoms with Crippen LogP contribution >= 0.6 is 11.3 Å². The number of benzene rings is 2. The highest BCUT2D eigenvalue weighted by Gasteiger charge is 2.26. The Balaban J connectivity index is 1.73. The first kappa shape index (κ1) is 21.6. The molecule has 2 heterocycles. The highest BCUT2D eigenvalue weighted by atomic mass is 32.1. The van der Waals surface area contributed by atoms with Crippen LogP contribution in [0.1, 0.15) is 16.1 Å². The number of hydrogen-bond donors (Lipinski definition) is 0. The fourth-order valence-corrected chi connectivity index (χ4v) is 3.70. The molecule has 0 saturated carbocycles. The number of nitro benzene ring substituents is 1. The van der Waals surface area contributed by atoms with Gasteiger partial charge in [0.25, 0.3) is 5.69 Å². The van der Waals surface area contributed by atoms with Gasteiger partial charge < -0.3 is 9.15 Å². The molecule has 4 aromatic rings. The number of furan rings is 1. The number of fused-ring (bicyclic) bond motifs is 1. The molecule has 33 heavy (non-hydrogen) atoms. The summed E-state index contributed by atoms with van der Waals surface area (Å²) in [5.41, 5.74) is 0.972. The van der Waals surface area contributed by atoms with Gasteiger partial charge in [0.15, 0.2) is 0 Å². The van der Waals surface area contributed by atoms with Gasteiger partial charge in [0, 0.05) is 12.1 Å². The van der Waals surface area contributed by atoms with Crippen LogP contribution in [0, 0.1) is 20.2 Å². The van der Waals surface area contributed by atoms with E-state index in [0.717, 1.165) is 27.1 Å². The molecule has 0 aliphatic heterocycles. The molecule has 0 bridgehead atoms. The summed E-state index contributed by atoms with van der Waals surface area (Å²) in [6, 6.07) is 12.9. The van der Waals surface area contributed by atoms with Crippen LogP contribution in [0.5, 0.6) is 5.75 Å². The predicted octanol–water partition coefficient (Wildman–Crippen LogP) is 4.40. The molecule has 0 aliphatic rings. The van der Waals surface area contributed by atoms with Crippen molar-refractivity contribution < 1.29 is 23.8 Å². The molecule has 2 aromatic heterocycles. The Morgan fingerprint density at radius 2 is 1.88 bits per heavy atom. The van der Waals surface area contributed by atoms with E-state index in [9.17, 15) is 25.0 Å². The molecule has 0 spiro atoms. The molecule has 4 rings (SSSR count). The zero-order valence-corrected chi connectivity index (χ0v) is 17.6. The molecule has 0 N–H and O–H groups in total. The van der Waals surface area contributed by atoms with Gasteiger partial charge in [0.2, 0.25) is 10.9 Å². The van der Waals surface area contributed by atoms with Gasteiger partial charge in [0.1, 0.15) is 10.7 Å². The zero-order valence-electron chi connectivity index (χ0n) is 16.8. The van der Waals surface area contributed by atoms with Gasteiger partial charge in [-0.2, -0.15) is 10.1 Å². The maximum Gasteiger partial charge on any atom is 0.433 e. The Kier molecular flexibility index (Phi) is 5.78. The monoisotopic (exact) mass is 467 g/mol. The quantitative estimate of drug-likeness (QED) is 0.220. The van der Waals surface area contributed by atoms with Crippen molar-refractivity contribution in [3.8, 4) is 5.75 Å². The summed E-state index contributed by atoms with van der Waals surface area (Å²) in [5, 5.41) is 27.1. The summed E-state index contributed by atoms with van der Waals surface area (Å²) in [7, 11) is 1.53. The van der Waals surface area contributed by atoms with Crippen LogP contribution in [0.4, 0.5) is 16.7 Å². The lowest BCUT2D eigenvalue weighted by atomic mass is 10.2. The zero-order chi connectivity index (χ0) is 23.5. The smallest absolute Gasteiger partial charge is 0.433 e. The number of thiazole rings is 1. The molecule has 0 aliphatic carbocycles. The fourth-order valence-electron chi connectivity index (χ4n) is 2.75. The van der Waals surface area contributed by atoms with Crippen LogP contribution in [0.2, 0.25) is 0 Å². The molecule has 13 heteroatoms. The Morgan fingerprint density at radius 1 is 1.12 bits per heavy atom. The van der Waals surface area contributed by atoms with Gasteiger partial charge >= 0.3 is 11.8 Å². The SMILES string of the molecule is COc1ccc2nc(N(/N=C/c3ccc([N+](=O)[O-])cc3)C(=O)c3ccc([N+](=O)[O-])o3)sc2c1. The summed E-state index contributed by atoms with van der Waals surface area (Å²) in [6.07, 6.45) is 1.31. The molecule has 12 nitrogen and oxygen atoms in total. The van der Waals surface area contributed by atoms with Crippen molar-refractivity contribution in [1.29, 1.82) is 0 Å². The van der Waals surface area contributed by atoms with E-state index in [1.165, 1.54) is 43.7 Å². The van der Waals surface area contributed by atoms with Crippen molar-refractivity contribution in [2.45, 2.75) is 0 Å². The van der Waals surface area contributed by atoms with Crippen LogP contribution in [0.3, 0.4) is 0 Å². The van der Waals surface area contributed by atoms with E-state index in [1.807, 2.05) is 0 Å². The summed E-state index contributed by atoms with van der Waals surface area (Å²) in [4.78, 5) is 38.0. The van der Waals surface area contributed by atoms with E-state index in [4.69, 9.17) is 9.15 Å². The highest BCUT2D eigenvalue weighted by molar-refractivity contribution is 7.22.